The van der Waals surface area contributed by atoms with Crippen LogP contribution in [-0.2, 0) is 4.79 Å². The van der Waals surface area contributed by atoms with Crippen LogP contribution >= 0.6 is 0 Å². The Labute approximate surface area is 115 Å². The first-order valence-electron chi connectivity index (χ1n) is 5.97. The molecule has 2 rings (SSSR count). The van der Waals surface area contributed by atoms with Crippen molar-refractivity contribution in [1.29, 1.82) is 0 Å². The summed E-state index contributed by atoms with van der Waals surface area (Å²) in [6.45, 7) is 1.30. The van der Waals surface area contributed by atoms with Crippen molar-refractivity contribution in [1.82, 2.24) is 0 Å². The summed E-state index contributed by atoms with van der Waals surface area (Å²) in [5.74, 6) is -0.170. The molecule has 0 bridgehead atoms. The second kappa shape index (κ2) is 4.86. The highest BCUT2D eigenvalue weighted by atomic mass is 16.5. The van der Waals surface area contributed by atoms with Gasteiger partial charge < -0.3 is 9.64 Å². The van der Waals surface area contributed by atoms with E-state index in [1.807, 2.05) is 0 Å². The van der Waals surface area contributed by atoms with Gasteiger partial charge in [-0.15, -0.1) is 0 Å². The van der Waals surface area contributed by atoms with Crippen LogP contribution in [0.4, 0.5) is 5.69 Å². The fourth-order valence-electron chi connectivity index (χ4n) is 2.29. The molecule has 104 valence electrons. The highest BCUT2D eigenvalue weighted by Gasteiger charge is 2.48. The number of methoxy groups -OCH3 is 1. The molecule has 1 aliphatic rings. The number of ether oxygens (including phenoxy) is 1. The molecular weight excluding hydrogens is 260 g/mol. The lowest BCUT2D eigenvalue weighted by Crippen LogP contribution is -2.51. The number of azide groups is 1. The standard InChI is InChI=1S/C13H14N4O3/c1-13(7-15-16-14)11(18)9-5-4-8(20-3)6-10(9)17(2)12(13)19/h4-6H,7H2,1-3H3. The van der Waals surface area contributed by atoms with Crippen LogP contribution < -0.4 is 9.64 Å². The minimum Gasteiger partial charge on any atom is -0.497 e. The molecule has 0 spiro atoms. The summed E-state index contributed by atoms with van der Waals surface area (Å²) >= 11 is 0. The van der Waals surface area contributed by atoms with E-state index in [1.54, 1.807) is 25.2 Å². The molecule has 0 aromatic heterocycles. The minimum atomic E-state index is -1.36. The summed E-state index contributed by atoms with van der Waals surface area (Å²) in [6, 6.07) is 4.92. The van der Waals surface area contributed by atoms with Crippen molar-refractivity contribution in [2.24, 2.45) is 10.5 Å². The van der Waals surface area contributed by atoms with Crippen molar-refractivity contribution in [3.05, 3.63) is 34.2 Å². The third kappa shape index (κ3) is 1.88. The Kier molecular flexibility index (Phi) is 3.38. The summed E-state index contributed by atoms with van der Waals surface area (Å²) < 4.78 is 5.10. The smallest absolute Gasteiger partial charge is 0.240 e. The molecule has 1 amide bonds. The lowest BCUT2D eigenvalue weighted by Gasteiger charge is -2.36. The van der Waals surface area contributed by atoms with Crippen LogP contribution in [0.1, 0.15) is 17.3 Å². The summed E-state index contributed by atoms with van der Waals surface area (Å²) in [6.07, 6.45) is 0. The predicted molar refractivity (Wildman–Crippen MR) is 72.9 cm³/mol. The summed E-state index contributed by atoms with van der Waals surface area (Å²) in [7, 11) is 3.10. The molecule has 0 N–H and O–H groups in total. The molecule has 0 fully saturated rings. The van der Waals surface area contributed by atoms with Crippen molar-refractivity contribution < 1.29 is 14.3 Å². The van der Waals surface area contributed by atoms with Gasteiger partial charge in [0.15, 0.2) is 5.78 Å². The van der Waals surface area contributed by atoms with Crippen LogP contribution in [0.25, 0.3) is 10.4 Å². The van der Waals surface area contributed by atoms with Gasteiger partial charge in [-0.3, -0.25) is 9.59 Å². The topological polar surface area (TPSA) is 95.4 Å². The molecule has 1 unspecified atom stereocenters. The van der Waals surface area contributed by atoms with Gasteiger partial charge in [0.2, 0.25) is 5.91 Å². The second-order valence-electron chi connectivity index (χ2n) is 4.80. The normalized spacial score (nSPS) is 21.2. The Bertz CT molecular complexity index is 637. The number of ketones is 1. The van der Waals surface area contributed by atoms with Crippen LogP contribution in [0.5, 0.6) is 5.75 Å². The van der Waals surface area contributed by atoms with Gasteiger partial charge in [-0.2, -0.15) is 0 Å². The number of amides is 1. The average Bonchev–Trinajstić information content (AvgIpc) is 2.48. The largest absolute Gasteiger partial charge is 0.497 e. The van der Waals surface area contributed by atoms with Crippen molar-refractivity contribution >= 4 is 17.4 Å². The van der Waals surface area contributed by atoms with E-state index in [0.29, 0.717) is 17.0 Å². The van der Waals surface area contributed by atoms with E-state index in [1.165, 1.54) is 18.9 Å². The van der Waals surface area contributed by atoms with Gasteiger partial charge in [0.05, 0.1) is 12.8 Å². The first kappa shape index (κ1) is 13.9. The molecule has 7 heteroatoms. The molecule has 1 aromatic rings. The zero-order chi connectivity index (χ0) is 14.9. The van der Waals surface area contributed by atoms with Gasteiger partial charge >= 0.3 is 0 Å². The Morgan fingerprint density at radius 3 is 2.75 bits per heavy atom. The van der Waals surface area contributed by atoms with Crippen LogP contribution in [0, 0.1) is 5.41 Å². The molecule has 1 aliphatic heterocycles. The summed E-state index contributed by atoms with van der Waals surface area (Å²) in [5.41, 5.74) is 7.98. The first-order chi connectivity index (χ1) is 9.45. The molecule has 1 heterocycles. The van der Waals surface area contributed by atoms with Crippen LogP contribution in [0.3, 0.4) is 0 Å². The molecule has 20 heavy (non-hydrogen) atoms. The van der Waals surface area contributed by atoms with Crippen molar-refractivity contribution in [2.45, 2.75) is 6.92 Å². The zero-order valence-electron chi connectivity index (χ0n) is 11.5. The van der Waals surface area contributed by atoms with E-state index in [2.05, 4.69) is 10.0 Å². The molecule has 1 atom stereocenters. The Morgan fingerprint density at radius 2 is 2.15 bits per heavy atom. The number of fused-ring (bicyclic) bond motifs is 1. The Morgan fingerprint density at radius 1 is 1.45 bits per heavy atom. The Hall–Kier alpha value is -2.53. The van der Waals surface area contributed by atoms with E-state index in [9.17, 15) is 9.59 Å². The number of hydrogen-bond donors (Lipinski definition) is 0. The zero-order valence-corrected chi connectivity index (χ0v) is 11.5. The van der Waals surface area contributed by atoms with E-state index >= 15 is 0 Å². The SMILES string of the molecule is COc1ccc2c(c1)N(C)C(=O)C(C)(CN=[N+]=[N-])C2=O. The average molecular weight is 274 g/mol. The number of rotatable bonds is 3. The molecular formula is C13H14N4O3. The maximum absolute atomic E-state index is 12.5. The fourth-order valence-corrected chi connectivity index (χ4v) is 2.29. The number of hydrogen-bond acceptors (Lipinski definition) is 4. The Balaban J connectivity index is 2.58. The van der Waals surface area contributed by atoms with Crippen LogP contribution in [-0.4, -0.2) is 32.4 Å². The van der Waals surface area contributed by atoms with Gasteiger partial charge in [-0.05, 0) is 24.6 Å². The molecule has 0 saturated heterocycles. The van der Waals surface area contributed by atoms with Gasteiger partial charge in [0.1, 0.15) is 11.2 Å². The summed E-state index contributed by atoms with van der Waals surface area (Å²) in [5, 5.41) is 3.40. The second-order valence-corrected chi connectivity index (χ2v) is 4.80. The van der Waals surface area contributed by atoms with Crippen molar-refractivity contribution in [3.8, 4) is 5.75 Å². The maximum Gasteiger partial charge on any atom is 0.240 e. The number of Topliss-reactive ketones (excluding diaryl/α,β-unsaturated/α-hetero) is 1. The van der Waals surface area contributed by atoms with E-state index < -0.39 is 11.3 Å². The van der Waals surface area contributed by atoms with E-state index in [-0.39, 0.29) is 12.3 Å². The van der Waals surface area contributed by atoms with E-state index in [4.69, 9.17) is 10.3 Å². The molecule has 0 aliphatic carbocycles. The van der Waals surface area contributed by atoms with Crippen LogP contribution in [0.2, 0.25) is 0 Å². The number of carbonyl (C=O) groups excluding carboxylic acids is 2. The number of benzene rings is 1. The fraction of sp³-hybridized carbons (Fsp3) is 0.385. The first-order valence-corrected chi connectivity index (χ1v) is 5.97. The molecule has 1 aromatic carbocycles. The third-order valence-electron chi connectivity index (χ3n) is 3.54. The predicted octanol–water partition coefficient (Wildman–Crippen LogP) is 2.17. The van der Waals surface area contributed by atoms with Gasteiger partial charge in [0.25, 0.3) is 0 Å². The van der Waals surface area contributed by atoms with Gasteiger partial charge in [-0.1, -0.05) is 5.11 Å². The quantitative estimate of drug-likeness (QED) is 0.365. The molecule has 7 nitrogen and oxygen atoms in total. The van der Waals surface area contributed by atoms with Crippen LogP contribution in [0.15, 0.2) is 23.3 Å². The van der Waals surface area contributed by atoms with Crippen molar-refractivity contribution in [3.63, 3.8) is 0 Å². The minimum absolute atomic E-state index is 0.197. The van der Waals surface area contributed by atoms with E-state index in [0.717, 1.165) is 0 Å². The van der Waals surface area contributed by atoms with Gasteiger partial charge in [-0.25, -0.2) is 0 Å². The summed E-state index contributed by atoms with van der Waals surface area (Å²) in [4.78, 5) is 29.0. The monoisotopic (exact) mass is 274 g/mol. The third-order valence-corrected chi connectivity index (χ3v) is 3.54. The lowest BCUT2D eigenvalue weighted by molar-refractivity contribution is -0.124. The number of carbonyl (C=O) groups is 2. The molecule has 0 saturated carbocycles. The maximum atomic E-state index is 12.5. The number of nitrogens with zero attached hydrogens (tertiary/aromatic N) is 4. The van der Waals surface area contributed by atoms with Gasteiger partial charge in [0, 0.05) is 30.1 Å². The lowest BCUT2D eigenvalue weighted by atomic mass is 9.77. The number of anilines is 1. The highest BCUT2D eigenvalue weighted by molar-refractivity contribution is 6.24. The molecule has 0 radical (unpaired) electrons. The van der Waals surface area contributed by atoms with Crippen molar-refractivity contribution in [2.75, 3.05) is 25.6 Å². The highest BCUT2D eigenvalue weighted by Crippen LogP contribution is 2.38.